The fraction of sp³-hybridized carbons (Fsp3) is 0.600. The molecule has 1 aromatic heterocycles. The molecule has 0 spiro atoms. The summed E-state index contributed by atoms with van der Waals surface area (Å²) < 4.78 is 0. The Hall–Kier alpha value is -1.62. The Morgan fingerprint density at radius 2 is 2.10 bits per heavy atom. The number of pyridine rings is 1. The Bertz CT molecular complexity index is 482. The van der Waals surface area contributed by atoms with Gasteiger partial charge in [-0.15, -0.1) is 0 Å². The number of rotatable bonds is 7. The van der Waals surface area contributed by atoms with E-state index in [-0.39, 0.29) is 5.84 Å². The van der Waals surface area contributed by atoms with E-state index in [1.165, 1.54) is 25.7 Å². The Kier molecular flexibility index (Phi) is 3.87. The molecule has 1 heterocycles. The Labute approximate surface area is 119 Å². The SMILES string of the molecule is NC(=NO)c1cc(CNCC(C2CC2)C2CC2)ccn1. The topological polar surface area (TPSA) is 83.5 Å². The Balaban J connectivity index is 1.52. The van der Waals surface area contributed by atoms with Crippen LogP contribution in [0.1, 0.15) is 36.9 Å². The second kappa shape index (κ2) is 5.79. The van der Waals surface area contributed by atoms with Gasteiger partial charge in [-0.3, -0.25) is 4.98 Å². The number of nitrogens with two attached hydrogens (primary N) is 1. The van der Waals surface area contributed by atoms with Gasteiger partial charge in [0.2, 0.25) is 0 Å². The summed E-state index contributed by atoms with van der Waals surface area (Å²) in [6.07, 6.45) is 7.39. The predicted molar refractivity (Wildman–Crippen MR) is 77.4 cm³/mol. The van der Waals surface area contributed by atoms with Crippen LogP contribution in [-0.2, 0) is 6.54 Å². The van der Waals surface area contributed by atoms with Crippen LogP contribution in [0.2, 0.25) is 0 Å². The van der Waals surface area contributed by atoms with Gasteiger partial charge in [0.25, 0.3) is 0 Å². The summed E-state index contributed by atoms with van der Waals surface area (Å²) in [5.74, 6) is 2.88. The van der Waals surface area contributed by atoms with Gasteiger partial charge >= 0.3 is 0 Å². The van der Waals surface area contributed by atoms with Crippen molar-refractivity contribution < 1.29 is 5.21 Å². The van der Waals surface area contributed by atoms with Gasteiger partial charge in [-0.2, -0.15) is 0 Å². The van der Waals surface area contributed by atoms with E-state index in [4.69, 9.17) is 10.9 Å². The lowest BCUT2D eigenvalue weighted by Crippen LogP contribution is -2.25. The maximum absolute atomic E-state index is 8.67. The molecule has 0 saturated heterocycles. The van der Waals surface area contributed by atoms with Crippen molar-refractivity contribution >= 4 is 5.84 Å². The summed E-state index contributed by atoms with van der Waals surface area (Å²) in [6.45, 7) is 1.92. The number of aromatic nitrogens is 1. The van der Waals surface area contributed by atoms with Crippen LogP contribution < -0.4 is 11.1 Å². The normalized spacial score (nSPS) is 19.6. The largest absolute Gasteiger partial charge is 0.409 e. The summed E-state index contributed by atoms with van der Waals surface area (Å²) in [4.78, 5) is 4.09. The van der Waals surface area contributed by atoms with E-state index in [9.17, 15) is 0 Å². The second-order valence-electron chi connectivity index (χ2n) is 6.00. The molecule has 5 nitrogen and oxygen atoms in total. The molecule has 2 aliphatic rings. The summed E-state index contributed by atoms with van der Waals surface area (Å²) in [5, 5.41) is 15.2. The fourth-order valence-electron chi connectivity index (χ4n) is 2.93. The van der Waals surface area contributed by atoms with Crippen molar-refractivity contribution in [2.45, 2.75) is 32.2 Å². The Morgan fingerprint density at radius 1 is 1.40 bits per heavy atom. The minimum atomic E-state index is 0.0562. The molecule has 0 atom stereocenters. The number of hydrogen-bond donors (Lipinski definition) is 3. The van der Waals surface area contributed by atoms with Gasteiger partial charge in [0, 0.05) is 12.7 Å². The number of amidine groups is 1. The van der Waals surface area contributed by atoms with Crippen LogP contribution >= 0.6 is 0 Å². The van der Waals surface area contributed by atoms with E-state index in [0.29, 0.717) is 5.69 Å². The monoisotopic (exact) mass is 274 g/mol. The molecule has 0 amide bonds. The zero-order chi connectivity index (χ0) is 13.9. The molecule has 20 heavy (non-hydrogen) atoms. The lowest BCUT2D eigenvalue weighted by atomic mass is 9.98. The molecular weight excluding hydrogens is 252 g/mol. The molecule has 2 saturated carbocycles. The van der Waals surface area contributed by atoms with Gasteiger partial charge in [-0.05, 0) is 67.7 Å². The first kappa shape index (κ1) is 13.4. The summed E-state index contributed by atoms with van der Waals surface area (Å²) >= 11 is 0. The van der Waals surface area contributed by atoms with E-state index in [1.54, 1.807) is 6.20 Å². The quantitative estimate of drug-likeness (QED) is 0.306. The number of oxime groups is 1. The van der Waals surface area contributed by atoms with E-state index >= 15 is 0 Å². The summed E-state index contributed by atoms with van der Waals surface area (Å²) in [5.41, 5.74) is 7.19. The molecule has 4 N–H and O–H groups in total. The van der Waals surface area contributed by atoms with Crippen LogP contribution in [0.5, 0.6) is 0 Å². The van der Waals surface area contributed by atoms with Crippen LogP contribution in [0.25, 0.3) is 0 Å². The number of hydrogen-bond acceptors (Lipinski definition) is 4. The van der Waals surface area contributed by atoms with E-state index in [2.05, 4.69) is 15.5 Å². The van der Waals surface area contributed by atoms with Gasteiger partial charge in [-0.25, -0.2) is 0 Å². The van der Waals surface area contributed by atoms with Gasteiger partial charge in [0.1, 0.15) is 5.69 Å². The molecular formula is C15H22N4O. The van der Waals surface area contributed by atoms with Crippen molar-refractivity contribution in [3.63, 3.8) is 0 Å². The number of nitrogens with zero attached hydrogens (tertiary/aromatic N) is 2. The fourth-order valence-corrected chi connectivity index (χ4v) is 2.93. The first-order chi connectivity index (χ1) is 9.78. The van der Waals surface area contributed by atoms with E-state index in [0.717, 1.165) is 36.4 Å². The summed E-state index contributed by atoms with van der Waals surface area (Å²) in [6, 6.07) is 3.83. The maximum Gasteiger partial charge on any atom is 0.188 e. The third kappa shape index (κ3) is 3.28. The lowest BCUT2D eigenvalue weighted by molar-refractivity contribution is 0.318. The minimum absolute atomic E-state index is 0.0562. The average molecular weight is 274 g/mol. The van der Waals surface area contributed by atoms with Crippen molar-refractivity contribution in [3.8, 4) is 0 Å². The van der Waals surface area contributed by atoms with Gasteiger partial charge in [-0.1, -0.05) is 5.16 Å². The van der Waals surface area contributed by atoms with E-state index in [1.807, 2.05) is 12.1 Å². The molecule has 3 rings (SSSR count). The highest BCUT2D eigenvalue weighted by molar-refractivity contribution is 5.95. The highest BCUT2D eigenvalue weighted by Crippen LogP contribution is 2.48. The third-order valence-corrected chi connectivity index (χ3v) is 4.36. The van der Waals surface area contributed by atoms with Crippen molar-refractivity contribution in [3.05, 3.63) is 29.6 Å². The molecule has 0 unspecified atom stereocenters. The Morgan fingerprint density at radius 3 is 2.70 bits per heavy atom. The van der Waals surface area contributed by atoms with Crippen molar-refractivity contribution in [1.29, 1.82) is 0 Å². The molecule has 2 aliphatic carbocycles. The van der Waals surface area contributed by atoms with Crippen molar-refractivity contribution in [2.75, 3.05) is 6.54 Å². The molecule has 5 heteroatoms. The first-order valence-corrected chi connectivity index (χ1v) is 7.41. The van der Waals surface area contributed by atoms with Crippen molar-refractivity contribution in [1.82, 2.24) is 10.3 Å². The molecule has 0 radical (unpaired) electrons. The number of nitrogens with one attached hydrogen (secondary N) is 1. The maximum atomic E-state index is 8.67. The zero-order valence-corrected chi connectivity index (χ0v) is 11.6. The van der Waals surface area contributed by atoms with Crippen LogP contribution in [-0.4, -0.2) is 22.6 Å². The smallest absolute Gasteiger partial charge is 0.188 e. The minimum Gasteiger partial charge on any atom is -0.409 e. The molecule has 2 fully saturated rings. The van der Waals surface area contributed by atoms with E-state index < -0.39 is 0 Å². The molecule has 0 aromatic carbocycles. The summed E-state index contributed by atoms with van der Waals surface area (Å²) in [7, 11) is 0. The second-order valence-corrected chi connectivity index (χ2v) is 6.00. The van der Waals surface area contributed by atoms with Crippen LogP contribution in [0.3, 0.4) is 0 Å². The molecule has 1 aromatic rings. The van der Waals surface area contributed by atoms with Gasteiger partial charge in [0.15, 0.2) is 5.84 Å². The molecule has 0 aliphatic heterocycles. The highest BCUT2D eigenvalue weighted by Gasteiger charge is 2.40. The average Bonchev–Trinajstić information content (AvgIpc) is 3.36. The predicted octanol–water partition coefficient (Wildman–Crippen LogP) is 1.70. The molecule has 108 valence electrons. The highest BCUT2D eigenvalue weighted by atomic mass is 16.4. The van der Waals surface area contributed by atoms with Crippen LogP contribution in [0.15, 0.2) is 23.5 Å². The van der Waals surface area contributed by atoms with Crippen molar-refractivity contribution in [2.24, 2.45) is 28.6 Å². The zero-order valence-electron chi connectivity index (χ0n) is 11.6. The lowest BCUT2D eigenvalue weighted by Gasteiger charge is -2.16. The van der Waals surface area contributed by atoms with Gasteiger partial charge < -0.3 is 16.3 Å². The third-order valence-electron chi connectivity index (χ3n) is 4.36. The first-order valence-electron chi connectivity index (χ1n) is 7.41. The van der Waals surface area contributed by atoms with Crippen LogP contribution in [0, 0.1) is 17.8 Å². The standard InChI is InChI=1S/C15H22N4O/c16-15(19-20)14-7-10(5-6-18-14)8-17-9-13(11-1-2-11)12-3-4-12/h5-7,11-13,17,20H,1-4,8-9H2,(H2,16,19). The molecule has 0 bridgehead atoms. The van der Waals surface area contributed by atoms with Crippen LogP contribution in [0.4, 0.5) is 0 Å². The van der Waals surface area contributed by atoms with Gasteiger partial charge in [0.05, 0.1) is 0 Å².